The van der Waals surface area contributed by atoms with E-state index in [4.69, 9.17) is 23.3 Å². The molecule has 1 aliphatic rings. The highest BCUT2D eigenvalue weighted by Crippen LogP contribution is 2.31. The number of aliphatic carboxylic acids is 1. The Morgan fingerprint density at radius 2 is 1.36 bits per heavy atom. The van der Waals surface area contributed by atoms with Gasteiger partial charge in [-0.2, -0.15) is 0 Å². The van der Waals surface area contributed by atoms with Crippen LogP contribution in [0.5, 0.6) is 0 Å². The summed E-state index contributed by atoms with van der Waals surface area (Å²) in [6.45, 7) is 7.91. The van der Waals surface area contributed by atoms with Crippen molar-refractivity contribution in [3.8, 4) is 22.9 Å². The van der Waals surface area contributed by atoms with Crippen LogP contribution in [-0.2, 0) is 25.3 Å². The van der Waals surface area contributed by atoms with Crippen LogP contribution in [0.1, 0.15) is 62.4 Å². The maximum Gasteiger partial charge on any atom is 0.335 e. The van der Waals surface area contributed by atoms with Crippen LogP contribution in [0.25, 0.3) is 44.5 Å². The van der Waals surface area contributed by atoms with Crippen molar-refractivity contribution >= 4 is 50.1 Å². The highest BCUT2D eigenvalue weighted by atomic mass is 127. The van der Waals surface area contributed by atoms with Crippen molar-refractivity contribution in [1.82, 2.24) is 9.97 Å². The second-order valence-electron chi connectivity index (χ2n) is 13.4. The van der Waals surface area contributed by atoms with E-state index in [1.807, 2.05) is 44.2 Å². The van der Waals surface area contributed by atoms with Gasteiger partial charge in [-0.15, -0.1) is 0 Å². The molecule has 2 heterocycles. The molecule has 7 rings (SSSR count). The van der Waals surface area contributed by atoms with E-state index in [-0.39, 0.29) is 6.10 Å². The first kappa shape index (κ1) is 35.8. The van der Waals surface area contributed by atoms with E-state index in [9.17, 15) is 9.90 Å². The predicted molar refractivity (Wildman–Crippen MR) is 204 cm³/mol. The second kappa shape index (κ2) is 15.9. The zero-order chi connectivity index (χ0) is 35.3. The molecular formula is C41H43IN2O6. The minimum absolute atomic E-state index is 0.116. The zero-order valence-corrected chi connectivity index (χ0v) is 31.1. The summed E-state index contributed by atoms with van der Waals surface area (Å²) in [6, 6.07) is 29.0. The smallest absolute Gasteiger partial charge is 0.335 e. The number of hydrogen-bond donors (Lipinski definition) is 1. The number of carboxylic acid groups (broad SMARTS) is 1. The summed E-state index contributed by atoms with van der Waals surface area (Å²) in [5, 5.41) is 14.0. The molecule has 8 nitrogen and oxygen atoms in total. The standard InChI is InChI=1S/C26H31NO5.C15H12INO/c1-17-23(27-24(32-17)21-12-11-19-8-4-5-9-20(19)14-21)16-30-22-10-6-7-18(13-22)15-31-26(2,3)25(28)29;1-10-14(9-16)17-15(18-10)13-7-6-11-4-2-3-5-12(11)8-13/h4-5,8-9,11-12,14,18,22H,6-7,10,13,15-16H2,1-3H3,(H,28,29);2-8H,9H2,1H3/t18-,22+;/m1./s1. The molecule has 2 atom stereocenters. The highest BCUT2D eigenvalue weighted by Gasteiger charge is 2.31. The quantitative estimate of drug-likeness (QED) is 0.108. The van der Waals surface area contributed by atoms with Crippen LogP contribution in [-0.4, -0.2) is 39.4 Å². The molecule has 0 spiro atoms. The van der Waals surface area contributed by atoms with Gasteiger partial charge in [0.05, 0.1) is 25.0 Å². The molecule has 1 saturated carbocycles. The predicted octanol–water partition coefficient (Wildman–Crippen LogP) is 10.5. The first-order chi connectivity index (χ1) is 24.1. The number of halogens is 1. The third-order valence-electron chi connectivity index (χ3n) is 9.29. The fourth-order valence-corrected chi connectivity index (χ4v) is 6.84. The molecule has 6 aromatic rings. The molecule has 0 aliphatic heterocycles. The number of carboxylic acids is 1. The van der Waals surface area contributed by atoms with E-state index in [0.29, 0.717) is 30.9 Å². The molecule has 0 amide bonds. The molecule has 4 aromatic carbocycles. The van der Waals surface area contributed by atoms with Gasteiger partial charge in [-0.25, -0.2) is 14.8 Å². The second-order valence-corrected chi connectivity index (χ2v) is 14.2. The average Bonchev–Trinajstić information content (AvgIpc) is 3.71. The van der Waals surface area contributed by atoms with E-state index in [1.54, 1.807) is 13.8 Å². The Balaban J connectivity index is 0.000000202. The first-order valence-electron chi connectivity index (χ1n) is 17.1. The van der Waals surface area contributed by atoms with Gasteiger partial charge in [0.25, 0.3) is 0 Å². The van der Waals surface area contributed by atoms with E-state index >= 15 is 0 Å². The van der Waals surface area contributed by atoms with Crippen molar-refractivity contribution in [2.24, 2.45) is 5.92 Å². The van der Waals surface area contributed by atoms with Crippen LogP contribution in [0, 0.1) is 19.8 Å². The number of alkyl halides is 1. The lowest BCUT2D eigenvalue weighted by Crippen LogP contribution is -2.37. The third-order valence-corrected chi connectivity index (χ3v) is 10.0. The molecule has 0 radical (unpaired) electrons. The van der Waals surface area contributed by atoms with E-state index in [0.717, 1.165) is 69.5 Å². The largest absolute Gasteiger partial charge is 0.479 e. The van der Waals surface area contributed by atoms with Crippen LogP contribution in [0.15, 0.2) is 93.8 Å². The van der Waals surface area contributed by atoms with Gasteiger partial charge in [0.2, 0.25) is 11.8 Å². The number of hydrogen-bond acceptors (Lipinski definition) is 7. The maximum absolute atomic E-state index is 11.3. The van der Waals surface area contributed by atoms with Gasteiger partial charge in [0.15, 0.2) is 5.60 Å². The number of benzene rings is 4. The summed E-state index contributed by atoms with van der Waals surface area (Å²) in [5.74, 6) is 2.37. The molecule has 1 fully saturated rings. The Bertz CT molecular complexity index is 2080. The van der Waals surface area contributed by atoms with E-state index in [2.05, 4.69) is 82.2 Å². The lowest BCUT2D eigenvalue weighted by molar-refractivity contribution is -0.163. The molecule has 50 heavy (non-hydrogen) atoms. The Kier molecular flexibility index (Phi) is 11.3. The minimum atomic E-state index is -1.16. The topological polar surface area (TPSA) is 108 Å². The molecule has 260 valence electrons. The van der Waals surface area contributed by atoms with Crippen LogP contribution in [0.2, 0.25) is 0 Å². The normalized spacial score (nSPS) is 16.3. The monoisotopic (exact) mass is 786 g/mol. The summed E-state index contributed by atoms with van der Waals surface area (Å²) in [4.78, 5) is 20.5. The molecule has 0 saturated heterocycles. The lowest BCUT2D eigenvalue weighted by atomic mass is 9.87. The van der Waals surface area contributed by atoms with Crippen molar-refractivity contribution in [2.45, 2.75) is 76.1 Å². The molecule has 0 unspecified atom stereocenters. The van der Waals surface area contributed by atoms with E-state index in [1.165, 1.54) is 16.2 Å². The molecule has 0 bridgehead atoms. The average molecular weight is 787 g/mol. The number of rotatable bonds is 10. The van der Waals surface area contributed by atoms with Crippen molar-refractivity contribution < 1.29 is 28.2 Å². The van der Waals surface area contributed by atoms with Crippen molar-refractivity contribution in [2.75, 3.05) is 6.61 Å². The summed E-state index contributed by atoms with van der Waals surface area (Å²) in [6.07, 6.45) is 4.06. The molecular weight excluding hydrogens is 743 g/mol. The van der Waals surface area contributed by atoms with Crippen LogP contribution in [0.4, 0.5) is 0 Å². The number of oxazole rings is 2. The third kappa shape index (κ3) is 8.62. The van der Waals surface area contributed by atoms with Gasteiger partial charge in [-0.1, -0.05) is 89.7 Å². The fraction of sp³-hybridized carbons (Fsp3) is 0.341. The van der Waals surface area contributed by atoms with Crippen molar-refractivity contribution in [1.29, 1.82) is 0 Å². The lowest BCUT2D eigenvalue weighted by Gasteiger charge is -2.31. The maximum atomic E-state index is 11.3. The van der Waals surface area contributed by atoms with Gasteiger partial charge in [-0.3, -0.25) is 0 Å². The first-order valence-corrected chi connectivity index (χ1v) is 18.6. The summed E-state index contributed by atoms with van der Waals surface area (Å²) >= 11 is 2.30. The SMILES string of the molecule is Cc1oc(-c2ccc3ccccc3c2)nc1CI.Cc1oc(-c2ccc3ccccc3c2)nc1CO[C@H]1CCC[C@@H](COC(C)(C)C(=O)O)C1. The van der Waals surface area contributed by atoms with Crippen molar-refractivity contribution in [3.05, 3.63) is 108 Å². The Morgan fingerprint density at radius 3 is 1.90 bits per heavy atom. The van der Waals surface area contributed by atoms with E-state index < -0.39 is 11.6 Å². The van der Waals surface area contributed by atoms with Gasteiger partial charge >= 0.3 is 5.97 Å². The van der Waals surface area contributed by atoms with Crippen LogP contribution < -0.4 is 0 Å². The van der Waals surface area contributed by atoms with Gasteiger partial charge in [-0.05, 0) is 98.7 Å². The molecule has 9 heteroatoms. The Morgan fingerprint density at radius 1 is 0.820 bits per heavy atom. The molecule has 1 aliphatic carbocycles. The number of aromatic nitrogens is 2. The Hall–Kier alpha value is -4.06. The number of ether oxygens (including phenoxy) is 2. The summed E-state index contributed by atoms with van der Waals surface area (Å²) < 4.78 is 24.4. The van der Waals surface area contributed by atoms with Crippen LogP contribution >= 0.6 is 22.6 Å². The van der Waals surface area contributed by atoms with Gasteiger partial charge in [0, 0.05) is 15.6 Å². The van der Waals surface area contributed by atoms with Gasteiger partial charge < -0.3 is 23.4 Å². The molecule has 1 N–H and O–H groups in total. The van der Waals surface area contributed by atoms with Crippen LogP contribution in [0.3, 0.4) is 0 Å². The number of fused-ring (bicyclic) bond motifs is 2. The fourth-order valence-electron chi connectivity index (χ4n) is 6.13. The number of carbonyl (C=O) groups is 1. The summed E-state index contributed by atoms with van der Waals surface area (Å²) in [5.41, 5.74) is 2.67. The Labute approximate surface area is 306 Å². The number of aryl methyl sites for hydroxylation is 2. The number of nitrogens with zero attached hydrogens (tertiary/aromatic N) is 2. The molecule has 2 aromatic heterocycles. The summed E-state index contributed by atoms with van der Waals surface area (Å²) in [7, 11) is 0. The van der Waals surface area contributed by atoms with Crippen molar-refractivity contribution in [3.63, 3.8) is 0 Å². The highest BCUT2D eigenvalue weighted by molar-refractivity contribution is 14.1. The minimum Gasteiger partial charge on any atom is -0.479 e. The zero-order valence-electron chi connectivity index (χ0n) is 28.9. The van der Waals surface area contributed by atoms with Gasteiger partial charge in [0.1, 0.15) is 17.2 Å².